The molecule has 0 aliphatic heterocycles. The minimum absolute atomic E-state index is 0.712. The normalized spacial score (nSPS) is 14.7. The van der Waals surface area contributed by atoms with Gasteiger partial charge in [-0.1, -0.05) is 66.9 Å². The van der Waals surface area contributed by atoms with Crippen molar-refractivity contribution in [3.05, 3.63) is 76.4 Å². The number of aromatic nitrogens is 1. The van der Waals surface area contributed by atoms with Gasteiger partial charge in [-0.05, 0) is 60.9 Å². The summed E-state index contributed by atoms with van der Waals surface area (Å²) in [5.41, 5.74) is 8.50. The topological polar surface area (TPSA) is 12.9 Å². The summed E-state index contributed by atoms with van der Waals surface area (Å²) in [7, 11) is 0. The Kier molecular flexibility index (Phi) is 4.82. The van der Waals surface area contributed by atoms with Gasteiger partial charge in [-0.25, -0.2) is 0 Å². The fourth-order valence-corrected chi connectivity index (χ4v) is 4.51. The Labute approximate surface area is 161 Å². The summed E-state index contributed by atoms with van der Waals surface area (Å²) in [6.45, 7) is 4.42. The maximum atomic E-state index is 6.57. The molecule has 0 saturated heterocycles. The summed E-state index contributed by atoms with van der Waals surface area (Å²) >= 11 is 6.57. The standard InChI is InChI=1S/C24H24ClN/c1-16-12-20(18-8-6-7-9-18)13-17(2)24(16)21-14-23(26-15-22(21)25)19-10-4-3-5-11-19/h3-5,10-15,18H,6-9H2,1-2H3. The zero-order valence-electron chi connectivity index (χ0n) is 15.4. The molecule has 0 spiro atoms. The summed E-state index contributed by atoms with van der Waals surface area (Å²) in [6.07, 6.45) is 7.16. The molecule has 0 N–H and O–H groups in total. The van der Waals surface area contributed by atoms with Crippen molar-refractivity contribution in [3.8, 4) is 22.4 Å². The molecule has 0 atom stereocenters. The average Bonchev–Trinajstić information content (AvgIpc) is 3.18. The van der Waals surface area contributed by atoms with E-state index < -0.39 is 0 Å². The van der Waals surface area contributed by atoms with Gasteiger partial charge in [0.1, 0.15) is 0 Å². The molecule has 2 aromatic carbocycles. The molecule has 2 heteroatoms. The predicted molar refractivity (Wildman–Crippen MR) is 111 cm³/mol. The third-order valence-electron chi connectivity index (χ3n) is 5.58. The van der Waals surface area contributed by atoms with E-state index in [1.165, 1.54) is 47.9 Å². The molecule has 0 radical (unpaired) electrons. The quantitative estimate of drug-likeness (QED) is 0.475. The fourth-order valence-electron chi connectivity index (χ4n) is 4.31. The van der Waals surface area contributed by atoms with Crippen LogP contribution in [0.4, 0.5) is 0 Å². The fraction of sp³-hybridized carbons (Fsp3) is 0.292. The SMILES string of the molecule is Cc1cc(C2CCCC2)cc(C)c1-c1cc(-c2ccccc2)ncc1Cl. The maximum absolute atomic E-state index is 6.57. The lowest BCUT2D eigenvalue weighted by atomic mass is 9.88. The maximum Gasteiger partial charge on any atom is 0.0709 e. The molecule has 1 nitrogen and oxygen atoms in total. The van der Waals surface area contributed by atoms with Crippen LogP contribution in [-0.4, -0.2) is 4.98 Å². The molecule has 1 aliphatic rings. The van der Waals surface area contributed by atoms with Crippen molar-refractivity contribution >= 4 is 11.6 Å². The van der Waals surface area contributed by atoms with Crippen LogP contribution in [0.25, 0.3) is 22.4 Å². The molecule has 1 aliphatic carbocycles. The smallest absolute Gasteiger partial charge is 0.0709 e. The van der Waals surface area contributed by atoms with Crippen molar-refractivity contribution < 1.29 is 0 Å². The van der Waals surface area contributed by atoms with E-state index in [2.05, 4.69) is 49.2 Å². The van der Waals surface area contributed by atoms with Crippen molar-refractivity contribution in [3.63, 3.8) is 0 Å². The molecule has 1 fully saturated rings. The van der Waals surface area contributed by atoms with Crippen molar-refractivity contribution in [1.82, 2.24) is 4.98 Å². The van der Waals surface area contributed by atoms with E-state index in [0.717, 1.165) is 22.7 Å². The zero-order valence-corrected chi connectivity index (χ0v) is 16.2. The Bertz CT molecular complexity index is 901. The van der Waals surface area contributed by atoms with Crippen LogP contribution in [0.5, 0.6) is 0 Å². The summed E-state index contributed by atoms with van der Waals surface area (Å²) < 4.78 is 0. The monoisotopic (exact) mass is 361 g/mol. The van der Waals surface area contributed by atoms with Crippen LogP contribution in [0.1, 0.15) is 48.3 Å². The molecule has 4 rings (SSSR count). The number of hydrogen-bond donors (Lipinski definition) is 0. The third-order valence-corrected chi connectivity index (χ3v) is 5.88. The van der Waals surface area contributed by atoms with E-state index in [-0.39, 0.29) is 0 Å². The van der Waals surface area contributed by atoms with Crippen LogP contribution >= 0.6 is 11.6 Å². The molecule has 26 heavy (non-hydrogen) atoms. The molecule has 1 aromatic heterocycles. The molecule has 1 heterocycles. The van der Waals surface area contributed by atoms with E-state index in [0.29, 0.717) is 5.02 Å². The molecular formula is C24H24ClN. The second-order valence-corrected chi connectivity index (χ2v) is 7.83. The Balaban J connectivity index is 1.80. The van der Waals surface area contributed by atoms with Crippen LogP contribution in [0.2, 0.25) is 5.02 Å². The first-order valence-corrected chi connectivity index (χ1v) is 9.84. The highest BCUT2D eigenvalue weighted by Crippen LogP contribution is 2.40. The molecule has 0 unspecified atom stereocenters. The Morgan fingerprint density at radius 3 is 2.23 bits per heavy atom. The predicted octanol–water partition coefficient (Wildman–Crippen LogP) is 7.34. The third kappa shape index (κ3) is 3.29. The lowest BCUT2D eigenvalue weighted by Crippen LogP contribution is -1.98. The van der Waals surface area contributed by atoms with Gasteiger partial charge in [0.05, 0.1) is 10.7 Å². The van der Waals surface area contributed by atoms with E-state index in [9.17, 15) is 0 Å². The van der Waals surface area contributed by atoms with Gasteiger partial charge in [-0.3, -0.25) is 4.98 Å². The first kappa shape index (κ1) is 17.3. The van der Waals surface area contributed by atoms with Gasteiger partial charge in [0.15, 0.2) is 0 Å². The van der Waals surface area contributed by atoms with Crippen LogP contribution in [0.15, 0.2) is 54.7 Å². The molecule has 1 saturated carbocycles. The van der Waals surface area contributed by atoms with Gasteiger partial charge in [0, 0.05) is 17.3 Å². The number of benzene rings is 2. The minimum atomic E-state index is 0.712. The van der Waals surface area contributed by atoms with Crippen molar-refractivity contribution in [1.29, 1.82) is 0 Å². The van der Waals surface area contributed by atoms with Gasteiger partial charge < -0.3 is 0 Å². The highest BCUT2D eigenvalue weighted by atomic mass is 35.5. The van der Waals surface area contributed by atoms with Gasteiger partial charge in [0.2, 0.25) is 0 Å². The lowest BCUT2D eigenvalue weighted by molar-refractivity contribution is 0.722. The van der Waals surface area contributed by atoms with Crippen molar-refractivity contribution in [2.45, 2.75) is 45.4 Å². The summed E-state index contributed by atoms with van der Waals surface area (Å²) in [6, 6.07) is 17.1. The number of aryl methyl sites for hydroxylation is 2. The Hall–Kier alpha value is -2.12. The van der Waals surface area contributed by atoms with Crippen LogP contribution in [0, 0.1) is 13.8 Å². The number of halogens is 1. The van der Waals surface area contributed by atoms with Gasteiger partial charge in [-0.2, -0.15) is 0 Å². The minimum Gasteiger partial charge on any atom is -0.255 e. The largest absolute Gasteiger partial charge is 0.255 e. The summed E-state index contributed by atoms with van der Waals surface area (Å²) in [4.78, 5) is 4.54. The number of hydrogen-bond acceptors (Lipinski definition) is 1. The van der Waals surface area contributed by atoms with Crippen LogP contribution in [0.3, 0.4) is 0 Å². The van der Waals surface area contributed by atoms with Crippen LogP contribution in [-0.2, 0) is 0 Å². The second kappa shape index (κ2) is 7.25. The van der Waals surface area contributed by atoms with E-state index >= 15 is 0 Å². The van der Waals surface area contributed by atoms with E-state index in [1.54, 1.807) is 6.20 Å². The van der Waals surface area contributed by atoms with Gasteiger partial charge >= 0.3 is 0 Å². The first-order chi connectivity index (χ1) is 12.6. The average molecular weight is 362 g/mol. The molecule has 0 bridgehead atoms. The number of pyridine rings is 1. The molecule has 3 aromatic rings. The second-order valence-electron chi connectivity index (χ2n) is 7.43. The van der Waals surface area contributed by atoms with E-state index in [4.69, 9.17) is 11.6 Å². The van der Waals surface area contributed by atoms with Crippen molar-refractivity contribution in [2.75, 3.05) is 0 Å². The first-order valence-electron chi connectivity index (χ1n) is 9.46. The number of rotatable bonds is 3. The molecular weight excluding hydrogens is 338 g/mol. The highest BCUT2D eigenvalue weighted by molar-refractivity contribution is 6.33. The summed E-state index contributed by atoms with van der Waals surface area (Å²) in [5.74, 6) is 0.731. The molecule has 0 amide bonds. The van der Waals surface area contributed by atoms with Crippen LogP contribution < -0.4 is 0 Å². The zero-order chi connectivity index (χ0) is 18.1. The number of nitrogens with zero attached hydrogens (tertiary/aromatic N) is 1. The van der Waals surface area contributed by atoms with Gasteiger partial charge in [0.25, 0.3) is 0 Å². The van der Waals surface area contributed by atoms with E-state index in [1.807, 2.05) is 18.2 Å². The summed E-state index contributed by atoms with van der Waals surface area (Å²) in [5, 5.41) is 0.712. The highest BCUT2D eigenvalue weighted by Gasteiger charge is 2.20. The Morgan fingerprint density at radius 1 is 0.923 bits per heavy atom. The molecule has 132 valence electrons. The van der Waals surface area contributed by atoms with Gasteiger partial charge in [-0.15, -0.1) is 0 Å². The Morgan fingerprint density at radius 2 is 1.58 bits per heavy atom. The lowest BCUT2D eigenvalue weighted by Gasteiger charge is -2.18. The van der Waals surface area contributed by atoms with Crippen molar-refractivity contribution in [2.24, 2.45) is 0 Å².